The zero-order chi connectivity index (χ0) is 32.5. The Labute approximate surface area is 260 Å². The Balaban J connectivity index is 1.50. The van der Waals surface area contributed by atoms with Gasteiger partial charge in [0.2, 0.25) is 5.76 Å². The van der Waals surface area contributed by atoms with Crippen LogP contribution in [0.1, 0.15) is 33.0 Å². The first-order chi connectivity index (χ1) is 21.2. The number of fused-ring (bicyclic) bond motifs is 1. The Morgan fingerprint density at radius 1 is 0.956 bits per heavy atom. The molecule has 232 valence electrons. The second-order valence-corrected chi connectivity index (χ2v) is 12.7. The molecule has 0 atom stereocenters. The summed E-state index contributed by atoms with van der Waals surface area (Å²) < 4.78 is 69.6. The fourth-order valence-electron chi connectivity index (χ4n) is 4.88. The van der Waals surface area contributed by atoms with E-state index in [4.69, 9.17) is 21.1 Å². The van der Waals surface area contributed by atoms with Crippen molar-refractivity contribution in [1.82, 2.24) is 9.88 Å². The molecule has 0 saturated heterocycles. The van der Waals surface area contributed by atoms with E-state index in [1.165, 1.54) is 29.3 Å². The Bertz CT molecular complexity index is 2040. The average Bonchev–Trinajstić information content (AvgIpc) is 3.46. The third-order valence-corrected chi connectivity index (χ3v) is 8.98. The number of hydrogen-bond acceptors (Lipinski definition) is 6. The standard InChI is InChI=1S/C32H24ClF3N2O6S/c1-19-6-7-20-4-2-3-5-26(20)30(19)31(41)38(17-24-10-11-28(44-24)32(34,35)36)16-22-9-8-21(13-27(22)33)23-12-25(15-37-14-23)45(42,43)18-29(39)40/h2-15H,16-18H2,1H3,(H,39,40). The second kappa shape index (κ2) is 12.4. The molecule has 0 unspecified atom stereocenters. The third-order valence-electron chi connectivity index (χ3n) is 7.06. The SMILES string of the molecule is Cc1ccc2ccccc2c1C(=O)N(Cc1ccc(C(F)(F)F)o1)Cc1ccc(-c2cncc(S(=O)(=O)CC(=O)O)c2)cc1Cl. The van der Waals surface area contributed by atoms with Crippen molar-refractivity contribution < 1.29 is 40.7 Å². The highest BCUT2D eigenvalue weighted by molar-refractivity contribution is 7.92. The van der Waals surface area contributed by atoms with Gasteiger partial charge in [0, 0.05) is 29.5 Å². The minimum atomic E-state index is -4.70. The van der Waals surface area contributed by atoms with E-state index in [-0.39, 0.29) is 28.8 Å². The lowest BCUT2D eigenvalue weighted by atomic mass is 9.98. The van der Waals surface area contributed by atoms with Gasteiger partial charge in [0.25, 0.3) is 5.91 Å². The first-order valence-corrected chi connectivity index (χ1v) is 15.4. The van der Waals surface area contributed by atoms with Crippen LogP contribution in [0.3, 0.4) is 0 Å². The number of aryl methyl sites for hydroxylation is 1. The summed E-state index contributed by atoms with van der Waals surface area (Å²) in [5.74, 6) is -4.32. The van der Waals surface area contributed by atoms with Crippen LogP contribution in [-0.4, -0.2) is 41.0 Å². The zero-order valence-corrected chi connectivity index (χ0v) is 25.1. The smallest absolute Gasteiger partial charge is 0.449 e. The van der Waals surface area contributed by atoms with Crippen molar-refractivity contribution in [2.24, 2.45) is 0 Å². The fourth-order valence-corrected chi connectivity index (χ4v) is 6.14. The maximum Gasteiger partial charge on any atom is 0.449 e. The van der Waals surface area contributed by atoms with Crippen LogP contribution in [0.5, 0.6) is 0 Å². The Morgan fingerprint density at radius 2 is 1.71 bits per heavy atom. The van der Waals surface area contributed by atoms with Gasteiger partial charge in [-0.2, -0.15) is 13.2 Å². The van der Waals surface area contributed by atoms with Crippen LogP contribution in [-0.2, 0) is 33.9 Å². The number of carboxylic acid groups (broad SMARTS) is 1. The summed E-state index contributed by atoms with van der Waals surface area (Å²) in [6.45, 7) is 1.38. The molecular formula is C32H24ClF3N2O6S. The molecule has 0 saturated carbocycles. The topological polar surface area (TPSA) is 118 Å². The number of aliphatic carboxylic acids is 1. The number of hydrogen-bond donors (Lipinski definition) is 1. The molecule has 8 nitrogen and oxygen atoms in total. The molecule has 3 aromatic carbocycles. The highest BCUT2D eigenvalue weighted by Gasteiger charge is 2.35. The number of aromatic nitrogens is 1. The number of amides is 1. The van der Waals surface area contributed by atoms with E-state index in [1.54, 1.807) is 37.3 Å². The lowest BCUT2D eigenvalue weighted by Gasteiger charge is -2.24. The summed E-state index contributed by atoms with van der Waals surface area (Å²) in [5, 5.41) is 10.6. The third kappa shape index (κ3) is 7.02. The summed E-state index contributed by atoms with van der Waals surface area (Å²) >= 11 is 6.64. The van der Waals surface area contributed by atoms with Crippen molar-refractivity contribution in [3.63, 3.8) is 0 Å². The van der Waals surface area contributed by atoms with Crippen LogP contribution in [0.2, 0.25) is 5.02 Å². The zero-order valence-electron chi connectivity index (χ0n) is 23.5. The Hall–Kier alpha value is -4.68. The van der Waals surface area contributed by atoms with Gasteiger partial charge in [-0.1, -0.05) is 60.1 Å². The lowest BCUT2D eigenvalue weighted by Crippen LogP contribution is -2.31. The average molecular weight is 657 g/mol. The summed E-state index contributed by atoms with van der Waals surface area (Å²) in [5.41, 5.74) is 2.33. The van der Waals surface area contributed by atoms with Gasteiger partial charge < -0.3 is 14.4 Å². The first kappa shape index (κ1) is 31.7. The predicted molar refractivity (Wildman–Crippen MR) is 160 cm³/mol. The van der Waals surface area contributed by atoms with Crippen molar-refractivity contribution in [3.05, 3.63) is 118 Å². The van der Waals surface area contributed by atoms with E-state index in [1.807, 2.05) is 18.2 Å². The monoisotopic (exact) mass is 656 g/mol. The summed E-state index contributed by atoms with van der Waals surface area (Å²) in [6.07, 6.45) is -2.26. The van der Waals surface area contributed by atoms with Crippen molar-refractivity contribution in [3.8, 4) is 11.1 Å². The number of nitrogens with zero attached hydrogens (tertiary/aromatic N) is 2. The highest BCUT2D eigenvalue weighted by atomic mass is 35.5. The number of benzene rings is 3. The Kier molecular flexibility index (Phi) is 8.72. The maximum absolute atomic E-state index is 14.1. The molecule has 5 aromatic rings. The minimum absolute atomic E-state index is 0.0771. The van der Waals surface area contributed by atoms with Crippen molar-refractivity contribution >= 4 is 44.1 Å². The number of sulfone groups is 1. The molecule has 0 aliphatic carbocycles. The molecule has 1 N–H and O–H groups in total. The van der Waals surface area contributed by atoms with E-state index in [0.29, 0.717) is 33.2 Å². The van der Waals surface area contributed by atoms with Crippen LogP contribution < -0.4 is 0 Å². The van der Waals surface area contributed by atoms with Crippen LogP contribution in [0.25, 0.3) is 21.9 Å². The van der Waals surface area contributed by atoms with E-state index in [2.05, 4.69) is 4.98 Å². The number of pyridine rings is 1. The normalized spacial score (nSPS) is 11.9. The molecule has 1 amide bonds. The number of alkyl halides is 3. The number of furan rings is 1. The molecule has 0 aliphatic rings. The molecule has 0 aliphatic heterocycles. The molecular weight excluding hydrogens is 633 g/mol. The molecule has 0 bridgehead atoms. The fraction of sp³-hybridized carbons (Fsp3) is 0.156. The van der Waals surface area contributed by atoms with Crippen LogP contribution in [0.15, 0.2) is 94.5 Å². The molecule has 13 heteroatoms. The van der Waals surface area contributed by atoms with Gasteiger partial charge in [0.15, 0.2) is 15.6 Å². The maximum atomic E-state index is 14.1. The second-order valence-electron chi connectivity index (χ2n) is 10.3. The van der Waals surface area contributed by atoms with Gasteiger partial charge in [-0.3, -0.25) is 14.6 Å². The van der Waals surface area contributed by atoms with Gasteiger partial charge in [0.1, 0.15) is 5.76 Å². The minimum Gasteiger partial charge on any atom is -0.480 e. The van der Waals surface area contributed by atoms with Crippen molar-refractivity contribution in [1.29, 1.82) is 0 Å². The van der Waals surface area contributed by atoms with Gasteiger partial charge in [-0.25, -0.2) is 8.42 Å². The van der Waals surface area contributed by atoms with Crippen molar-refractivity contribution in [2.75, 3.05) is 5.75 Å². The summed E-state index contributed by atoms with van der Waals surface area (Å²) in [4.78, 5) is 30.1. The molecule has 45 heavy (non-hydrogen) atoms. The number of halogens is 4. The lowest BCUT2D eigenvalue weighted by molar-refractivity contribution is -0.153. The predicted octanol–water partition coefficient (Wildman–Crippen LogP) is 7.18. The molecule has 0 radical (unpaired) electrons. The molecule has 2 heterocycles. The molecule has 0 fully saturated rings. The first-order valence-electron chi connectivity index (χ1n) is 13.3. The molecule has 2 aromatic heterocycles. The van der Waals surface area contributed by atoms with Crippen LogP contribution in [0, 0.1) is 6.92 Å². The largest absolute Gasteiger partial charge is 0.480 e. The number of carbonyl (C=O) groups is 2. The summed E-state index contributed by atoms with van der Waals surface area (Å²) in [6, 6.07) is 19.0. The van der Waals surface area contributed by atoms with Gasteiger partial charge in [-0.05, 0) is 58.7 Å². The van der Waals surface area contributed by atoms with Gasteiger partial charge >= 0.3 is 12.1 Å². The highest BCUT2D eigenvalue weighted by Crippen LogP contribution is 2.33. The van der Waals surface area contributed by atoms with E-state index in [9.17, 15) is 31.2 Å². The van der Waals surface area contributed by atoms with E-state index in [0.717, 1.165) is 17.6 Å². The van der Waals surface area contributed by atoms with Gasteiger partial charge in [0.05, 0.1) is 17.0 Å². The van der Waals surface area contributed by atoms with E-state index < -0.39 is 39.4 Å². The quantitative estimate of drug-likeness (QED) is 0.179. The molecule has 5 rings (SSSR count). The number of carboxylic acids is 1. The van der Waals surface area contributed by atoms with Crippen LogP contribution >= 0.6 is 11.6 Å². The molecule has 0 spiro atoms. The van der Waals surface area contributed by atoms with E-state index >= 15 is 0 Å². The van der Waals surface area contributed by atoms with Gasteiger partial charge in [-0.15, -0.1) is 0 Å². The van der Waals surface area contributed by atoms with Crippen molar-refractivity contribution in [2.45, 2.75) is 31.1 Å². The summed E-state index contributed by atoms with van der Waals surface area (Å²) in [7, 11) is -4.14. The van der Waals surface area contributed by atoms with Crippen LogP contribution in [0.4, 0.5) is 13.2 Å². The number of carbonyl (C=O) groups excluding carboxylic acids is 1. The Morgan fingerprint density at radius 3 is 2.40 bits per heavy atom. The number of rotatable bonds is 9.